The molecule has 34 heavy (non-hydrogen) atoms. The topological polar surface area (TPSA) is 93.0 Å². The van der Waals surface area contributed by atoms with Crippen molar-refractivity contribution < 1.29 is 13.6 Å². The number of benzene rings is 1. The molecule has 0 aliphatic carbocycles. The molecule has 0 aliphatic rings. The SMILES string of the molecule is CCCCn1c(=O)[nH]c(=O)c2c1nc(CCC(=O)N(C)Cc1ccc(F)c(F)c1)n2CC(C)C. The maximum Gasteiger partial charge on any atom is 0.330 e. The molecule has 0 unspecified atom stereocenters. The van der Waals surface area contributed by atoms with Crippen LogP contribution in [0.15, 0.2) is 27.8 Å². The number of nitrogens with zero attached hydrogens (tertiary/aromatic N) is 4. The molecule has 0 spiro atoms. The molecule has 10 heteroatoms. The van der Waals surface area contributed by atoms with E-state index in [0.717, 1.165) is 25.0 Å². The van der Waals surface area contributed by atoms with Gasteiger partial charge in [-0.1, -0.05) is 33.3 Å². The van der Waals surface area contributed by atoms with Crippen molar-refractivity contribution in [2.24, 2.45) is 5.92 Å². The molecule has 1 N–H and O–H groups in total. The zero-order valence-corrected chi connectivity index (χ0v) is 20.0. The van der Waals surface area contributed by atoms with Gasteiger partial charge in [0.05, 0.1) is 0 Å². The molecule has 0 saturated carbocycles. The van der Waals surface area contributed by atoms with Crippen LogP contribution in [-0.4, -0.2) is 37.0 Å². The van der Waals surface area contributed by atoms with Crippen LogP contribution in [-0.2, 0) is 30.8 Å². The minimum Gasteiger partial charge on any atom is -0.341 e. The lowest BCUT2D eigenvalue weighted by Gasteiger charge is -2.18. The molecule has 0 saturated heterocycles. The van der Waals surface area contributed by atoms with Gasteiger partial charge in [-0.05, 0) is 30.0 Å². The fraction of sp³-hybridized carbons (Fsp3) is 0.500. The fourth-order valence-corrected chi connectivity index (χ4v) is 3.90. The summed E-state index contributed by atoms with van der Waals surface area (Å²) in [5.41, 5.74) is 0.165. The van der Waals surface area contributed by atoms with Crippen LogP contribution in [0.25, 0.3) is 11.2 Å². The van der Waals surface area contributed by atoms with Gasteiger partial charge in [0, 0.05) is 39.5 Å². The number of nitrogens with one attached hydrogen (secondary N) is 1. The van der Waals surface area contributed by atoms with E-state index < -0.39 is 22.9 Å². The summed E-state index contributed by atoms with van der Waals surface area (Å²) < 4.78 is 29.9. The zero-order chi connectivity index (χ0) is 25.0. The number of carbonyl (C=O) groups excluding carboxylic acids is 1. The Kier molecular flexibility index (Phi) is 8.01. The lowest BCUT2D eigenvalue weighted by molar-refractivity contribution is -0.130. The molecule has 2 heterocycles. The molecule has 3 rings (SSSR count). The highest BCUT2D eigenvalue weighted by atomic mass is 19.2. The summed E-state index contributed by atoms with van der Waals surface area (Å²) in [4.78, 5) is 46.3. The second-order valence-electron chi connectivity index (χ2n) is 8.97. The highest BCUT2D eigenvalue weighted by Gasteiger charge is 2.20. The van der Waals surface area contributed by atoms with Crippen molar-refractivity contribution in [1.29, 1.82) is 0 Å². The Bertz CT molecular complexity index is 1290. The molecule has 8 nitrogen and oxygen atoms in total. The Hall–Kier alpha value is -3.30. The number of halogens is 2. The van der Waals surface area contributed by atoms with Gasteiger partial charge >= 0.3 is 5.69 Å². The average Bonchev–Trinajstić information content (AvgIpc) is 3.12. The first-order valence-electron chi connectivity index (χ1n) is 11.5. The van der Waals surface area contributed by atoms with E-state index in [1.165, 1.54) is 15.5 Å². The summed E-state index contributed by atoms with van der Waals surface area (Å²) in [6.07, 6.45) is 2.02. The first-order chi connectivity index (χ1) is 16.1. The molecule has 1 amide bonds. The van der Waals surface area contributed by atoms with E-state index in [2.05, 4.69) is 9.97 Å². The number of fused-ring (bicyclic) bond motifs is 1. The Morgan fingerprint density at radius 2 is 1.91 bits per heavy atom. The minimum absolute atomic E-state index is 0.110. The van der Waals surface area contributed by atoms with Gasteiger partial charge in [0.1, 0.15) is 5.82 Å². The van der Waals surface area contributed by atoms with Crippen molar-refractivity contribution in [3.05, 3.63) is 62.1 Å². The van der Waals surface area contributed by atoms with Gasteiger partial charge in [0.2, 0.25) is 5.91 Å². The molecule has 0 bridgehead atoms. The van der Waals surface area contributed by atoms with Crippen LogP contribution in [0.1, 0.15) is 51.4 Å². The van der Waals surface area contributed by atoms with Crippen molar-refractivity contribution in [3.8, 4) is 0 Å². The van der Waals surface area contributed by atoms with E-state index in [1.807, 2.05) is 20.8 Å². The largest absolute Gasteiger partial charge is 0.341 e. The smallest absolute Gasteiger partial charge is 0.330 e. The molecule has 0 atom stereocenters. The summed E-state index contributed by atoms with van der Waals surface area (Å²) >= 11 is 0. The lowest BCUT2D eigenvalue weighted by Crippen LogP contribution is -2.31. The predicted octanol–water partition coefficient (Wildman–Crippen LogP) is 3.21. The van der Waals surface area contributed by atoms with Crippen LogP contribution in [0.4, 0.5) is 8.78 Å². The second kappa shape index (κ2) is 10.8. The highest BCUT2D eigenvalue weighted by molar-refractivity contribution is 5.76. The monoisotopic (exact) mass is 475 g/mol. The molecular formula is C24H31F2N5O3. The molecule has 184 valence electrons. The number of aromatic amines is 1. The molecule has 2 aromatic heterocycles. The predicted molar refractivity (Wildman–Crippen MR) is 126 cm³/mol. The Morgan fingerprint density at radius 3 is 2.56 bits per heavy atom. The molecule has 1 aromatic carbocycles. The van der Waals surface area contributed by atoms with Crippen molar-refractivity contribution in [2.75, 3.05) is 7.05 Å². The zero-order valence-electron chi connectivity index (χ0n) is 20.0. The molecule has 0 aliphatic heterocycles. The van der Waals surface area contributed by atoms with E-state index in [0.29, 0.717) is 35.6 Å². The summed E-state index contributed by atoms with van der Waals surface area (Å²) in [5.74, 6) is -1.34. The van der Waals surface area contributed by atoms with Gasteiger partial charge in [0.15, 0.2) is 22.8 Å². The maximum atomic E-state index is 13.5. The van der Waals surface area contributed by atoms with Crippen LogP contribution in [0, 0.1) is 17.6 Å². The van der Waals surface area contributed by atoms with E-state index in [9.17, 15) is 23.2 Å². The van der Waals surface area contributed by atoms with Crippen molar-refractivity contribution in [3.63, 3.8) is 0 Å². The van der Waals surface area contributed by atoms with Gasteiger partial charge in [-0.2, -0.15) is 0 Å². The van der Waals surface area contributed by atoms with Gasteiger partial charge < -0.3 is 9.47 Å². The summed E-state index contributed by atoms with van der Waals surface area (Å²) in [7, 11) is 1.59. The highest BCUT2D eigenvalue weighted by Crippen LogP contribution is 2.17. The first kappa shape index (κ1) is 25.3. The van der Waals surface area contributed by atoms with E-state index in [-0.39, 0.29) is 31.2 Å². The van der Waals surface area contributed by atoms with Crippen LogP contribution in [0.3, 0.4) is 0 Å². The number of hydrogen-bond acceptors (Lipinski definition) is 4. The number of aromatic nitrogens is 4. The molecule has 0 radical (unpaired) electrons. The third-order valence-corrected chi connectivity index (χ3v) is 5.64. The molecular weight excluding hydrogens is 444 g/mol. The summed E-state index contributed by atoms with van der Waals surface area (Å²) in [6.45, 7) is 7.12. The number of hydrogen-bond donors (Lipinski definition) is 1. The van der Waals surface area contributed by atoms with Crippen LogP contribution < -0.4 is 11.2 Å². The fourth-order valence-electron chi connectivity index (χ4n) is 3.90. The Morgan fingerprint density at radius 1 is 1.18 bits per heavy atom. The van der Waals surface area contributed by atoms with E-state index in [1.54, 1.807) is 11.6 Å². The quantitative estimate of drug-likeness (QED) is 0.487. The number of unbranched alkanes of at least 4 members (excludes halogenated alkanes) is 1. The summed E-state index contributed by atoms with van der Waals surface area (Å²) in [6, 6.07) is 3.54. The number of aryl methyl sites for hydroxylation is 2. The minimum atomic E-state index is -0.958. The van der Waals surface area contributed by atoms with Gasteiger partial charge in [-0.3, -0.25) is 19.1 Å². The van der Waals surface area contributed by atoms with Gasteiger partial charge in [-0.15, -0.1) is 0 Å². The number of rotatable bonds is 10. The Balaban J connectivity index is 1.87. The molecule has 3 aromatic rings. The number of imidazole rings is 1. The standard InChI is InChI=1S/C24H31F2N5O3/c1-5-6-11-30-22-21(23(33)28-24(30)34)31(13-15(2)3)19(27-22)9-10-20(32)29(4)14-16-7-8-17(25)18(26)12-16/h7-8,12,15H,5-6,9-11,13-14H2,1-4H3,(H,28,33,34). The maximum absolute atomic E-state index is 13.5. The number of amides is 1. The lowest BCUT2D eigenvalue weighted by atomic mass is 10.2. The van der Waals surface area contributed by atoms with Crippen molar-refractivity contribution in [2.45, 2.75) is 66.1 Å². The van der Waals surface area contributed by atoms with Gasteiger partial charge in [-0.25, -0.2) is 18.6 Å². The third kappa shape index (κ3) is 5.60. The van der Waals surface area contributed by atoms with Crippen molar-refractivity contribution >= 4 is 17.1 Å². The third-order valence-electron chi connectivity index (χ3n) is 5.64. The Labute approximate surface area is 196 Å². The second-order valence-corrected chi connectivity index (χ2v) is 8.97. The first-order valence-corrected chi connectivity index (χ1v) is 11.5. The number of H-pyrrole nitrogens is 1. The van der Waals surface area contributed by atoms with Crippen LogP contribution in [0.5, 0.6) is 0 Å². The van der Waals surface area contributed by atoms with Gasteiger partial charge in [0.25, 0.3) is 5.56 Å². The van der Waals surface area contributed by atoms with E-state index >= 15 is 0 Å². The van der Waals surface area contributed by atoms with E-state index in [4.69, 9.17) is 0 Å². The summed E-state index contributed by atoms with van der Waals surface area (Å²) in [5, 5.41) is 0. The van der Waals surface area contributed by atoms with Crippen LogP contribution in [0.2, 0.25) is 0 Å². The van der Waals surface area contributed by atoms with Crippen molar-refractivity contribution in [1.82, 2.24) is 24.0 Å². The molecule has 0 fully saturated rings. The number of carbonyl (C=O) groups is 1. The normalized spacial score (nSPS) is 11.5. The average molecular weight is 476 g/mol. The van der Waals surface area contributed by atoms with Crippen LogP contribution >= 0.6 is 0 Å².